The van der Waals surface area contributed by atoms with Crippen LogP contribution in [0.3, 0.4) is 0 Å². The van der Waals surface area contributed by atoms with Crippen molar-refractivity contribution >= 4 is 12.0 Å². The fraction of sp³-hybridized carbons (Fsp3) is 0.500. The van der Waals surface area contributed by atoms with Crippen LogP contribution in [0.1, 0.15) is 23.9 Å². The Morgan fingerprint density at radius 1 is 1.59 bits per heavy atom. The number of nitrogens with zero attached hydrogens (tertiary/aromatic N) is 2. The molecule has 0 aromatic carbocycles. The summed E-state index contributed by atoms with van der Waals surface area (Å²) in [5, 5.41) is 15.9. The molecule has 5 heteroatoms. The van der Waals surface area contributed by atoms with Gasteiger partial charge in [-0.1, -0.05) is 0 Å². The Labute approximate surface area is 101 Å². The number of aryl methyl sites for hydroxylation is 2. The largest absolute Gasteiger partial charge is 0.392 e. The third kappa shape index (κ3) is 3.71. The molecule has 0 aliphatic heterocycles. The minimum atomic E-state index is -0.533. The van der Waals surface area contributed by atoms with Crippen molar-refractivity contribution in [1.82, 2.24) is 15.1 Å². The van der Waals surface area contributed by atoms with E-state index in [1.165, 1.54) is 6.08 Å². The smallest absolute Gasteiger partial charge is 0.244 e. The monoisotopic (exact) mass is 237 g/mol. The highest BCUT2D eigenvalue weighted by molar-refractivity contribution is 5.92. The van der Waals surface area contributed by atoms with Crippen molar-refractivity contribution in [3.05, 3.63) is 23.0 Å². The van der Waals surface area contributed by atoms with Crippen molar-refractivity contribution in [3.63, 3.8) is 0 Å². The highest BCUT2D eigenvalue weighted by Gasteiger charge is 2.06. The van der Waals surface area contributed by atoms with Gasteiger partial charge in [-0.3, -0.25) is 9.48 Å². The Hall–Kier alpha value is -1.62. The van der Waals surface area contributed by atoms with Gasteiger partial charge in [0.25, 0.3) is 0 Å². The number of aliphatic hydroxyl groups excluding tert-OH is 1. The predicted octanol–water partition coefficient (Wildman–Crippen LogP) is 0.547. The van der Waals surface area contributed by atoms with Crippen LogP contribution in [0.25, 0.3) is 6.08 Å². The van der Waals surface area contributed by atoms with Gasteiger partial charge in [-0.15, -0.1) is 0 Å². The van der Waals surface area contributed by atoms with E-state index in [2.05, 4.69) is 10.4 Å². The molecule has 0 fully saturated rings. The van der Waals surface area contributed by atoms with Gasteiger partial charge in [-0.2, -0.15) is 5.10 Å². The van der Waals surface area contributed by atoms with Crippen LogP contribution in [0.2, 0.25) is 0 Å². The second-order valence-corrected chi connectivity index (χ2v) is 4.14. The van der Waals surface area contributed by atoms with Crippen LogP contribution < -0.4 is 5.32 Å². The number of hydrogen-bond donors (Lipinski definition) is 2. The molecule has 0 unspecified atom stereocenters. The summed E-state index contributed by atoms with van der Waals surface area (Å²) < 4.78 is 1.78. The van der Waals surface area contributed by atoms with Crippen LogP contribution >= 0.6 is 0 Å². The molecule has 0 aliphatic carbocycles. The molecular formula is C12H19N3O2. The Bertz CT molecular complexity index is 433. The molecule has 1 rings (SSSR count). The topological polar surface area (TPSA) is 67.2 Å². The van der Waals surface area contributed by atoms with Crippen molar-refractivity contribution < 1.29 is 9.90 Å². The van der Waals surface area contributed by atoms with Gasteiger partial charge in [-0.05, 0) is 26.8 Å². The molecule has 1 atom stereocenters. The number of aromatic nitrogens is 2. The van der Waals surface area contributed by atoms with E-state index >= 15 is 0 Å². The molecule has 0 saturated heterocycles. The first-order valence-corrected chi connectivity index (χ1v) is 5.56. The second kappa shape index (κ2) is 5.63. The third-order valence-corrected chi connectivity index (χ3v) is 2.54. The molecule has 2 N–H and O–H groups in total. The van der Waals surface area contributed by atoms with E-state index in [4.69, 9.17) is 5.11 Å². The number of hydrogen-bond acceptors (Lipinski definition) is 3. The van der Waals surface area contributed by atoms with Gasteiger partial charge in [0.05, 0.1) is 11.8 Å². The van der Waals surface area contributed by atoms with Gasteiger partial charge in [0.15, 0.2) is 0 Å². The molecule has 1 heterocycles. The van der Waals surface area contributed by atoms with Crippen LogP contribution in [0.15, 0.2) is 6.08 Å². The Morgan fingerprint density at radius 3 is 2.71 bits per heavy atom. The molecular weight excluding hydrogens is 218 g/mol. The summed E-state index contributed by atoms with van der Waals surface area (Å²) in [6.07, 6.45) is 2.67. The summed E-state index contributed by atoms with van der Waals surface area (Å²) >= 11 is 0. The fourth-order valence-corrected chi connectivity index (χ4v) is 1.50. The summed E-state index contributed by atoms with van der Waals surface area (Å²) in [5.74, 6) is -0.214. The third-order valence-electron chi connectivity index (χ3n) is 2.54. The van der Waals surface area contributed by atoms with Crippen molar-refractivity contribution in [1.29, 1.82) is 0 Å². The molecule has 5 nitrogen and oxygen atoms in total. The van der Waals surface area contributed by atoms with Gasteiger partial charge in [-0.25, -0.2) is 0 Å². The zero-order valence-electron chi connectivity index (χ0n) is 10.7. The van der Waals surface area contributed by atoms with Gasteiger partial charge in [0, 0.05) is 30.9 Å². The Balaban J connectivity index is 2.67. The molecule has 0 spiro atoms. The van der Waals surface area contributed by atoms with Crippen LogP contribution in [-0.2, 0) is 11.8 Å². The Kier molecular flexibility index (Phi) is 4.45. The van der Waals surface area contributed by atoms with E-state index in [0.717, 1.165) is 17.0 Å². The fourth-order valence-electron chi connectivity index (χ4n) is 1.50. The van der Waals surface area contributed by atoms with Crippen LogP contribution in [0.5, 0.6) is 0 Å². The van der Waals surface area contributed by atoms with Crippen molar-refractivity contribution in [2.24, 2.45) is 7.05 Å². The zero-order chi connectivity index (χ0) is 13.0. The molecule has 1 amide bonds. The number of aliphatic hydroxyl groups is 1. The first kappa shape index (κ1) is 13.4. The first-order valence-electron chi connectivity index (χ1n) is 5.56. The lowest BCUT2D eigenvalue weighted by Gasteiger charge is -2.03. The quantitative estimate of drug-likeness (QED) is 0.751. The molecule has 1 aromatic rings. The molecule has 1 aromatic heterocycles. The number of nitrogens with one attached hydrogen (secondary N) is 1. The van der Waals surface area contributed by atoms with Gasteiger partial charge >= 0.3 is 0 Å². The number of carbonyl (C=O) groups is 1. The highest BCUT2D eigenvalue weighted by Crippen LogP contribution is 2.13. The number of rotatable bonds is 4. The summed E-state index contributed by atoms with van der Waals surface area (Å²) in [6, 6.07) is 0. The van der Waals surface area contributed by atoms with Crippen molar-refractivity contribution in [3.8, 4) is 0 Å². The lowest BCUT2D eigenvalue weighted by Crippen LogP contribution is -2.28. The van der Waals surface area contributed by atoms with E-state index < -0.39 is 6.10 Å². The SMILES string of the molecule is Cc1nn(C)c(C)c1/C=C/C(=O)NC[C@@H](C)O. The normalized spacial score (nSPS) is 13.0. The lowest BCUT2D eigenvalue weighted by molar-refractivity contribution is -0.116. The zero-order valence-corrected chi connectivity index (χ0v) is 10.7. The maximum atomic E-state index is 11.4. The molecule has 0 saturated carbocycles. The molecule has 0 bridgehead atoms. The van der Waals surface area contributed by atoms with Gasteiger partial charge in [0.2, 0.25) is 5.91 Å². The van der Waals surface area contributed by atoms with E-state index in [0.29, 0.717) is 0 Å². The molecule has 0 radical (unpaired) electrons. The molecule has 94 valence electrons. The maximum absolute atomic E-state index is 11.4. The van der Waals surface area contributed by atoms with Crippen LogP contribution in [0, 0.1) is 13.8 Å². The minimum Gasteiger partial charge on any atom is -0.392 e. The highest BCUT2D eigenvalue weighted by atomic mass is 16.3. The van der Waals surface area contributed by atoms with E-state index in [1.54, 1.807) is 17.7 Å². The van der Waals surface area contributed by atoms with E-state index in [-0.39, 0.29) is 12.5 Å². The predicted molar refractivity (Wildman–Crippen MR) is 66.4 cm³/mol. The van der Waals surface area contributed by atoms with Crippen molar-refractivity contribution in [2.75, 3.05) is 6.54 Å². The minimum absolute atomic E-state index is 0.214. The van der Waals surface area contributed by atoms with E-state index in [9.17, 15) is 4.79 Å². The van der Waals surface area contributed by atoms with Gasteiger partial charge < -0.3 is 10.4 Å². The van der Waals surface area contributed by atoms with Crippen LogP contribution in [0.4, 0.5) is 0 Å². The summed E-state index contributed by atoms with van der Waals surface area (Å²) in [4.78, 5) is 11.4. The average molecular weight is 237 g/mol. The van der Waals surface area contributed by atoms with Crippen LogP contribution in [-0.4, -0.2) is 33.4 Å². The van der Waals surface area contributed by atoms with Crippen molar-refractivity contribution in [2.45, 2.75) is 26.9 Å². The lowest BCUT2D eigenvalue weighted by atomic mass is 10.2. The average Bonchev–Trinajstić information content (AvgIpc) is 2.48. The summed E-state index contributed by atoms with van der Waals surface area (Å²) in [6.45, 7) is 5.74. The summed E-state index contributed by atoms with van der Waals surface area (Å²) in [5.41, 5.74) is 2.87. The molecule has 17 heavy (non-hydrogen) atoms. The maximum Gasteiger partial charge on any atom is 0.244 e. The van der Waals surface area contributed by atoms with E-state index in [1.807, 2.05) is 20.9 Å². The first-order chi connectivity index (χ1) is 7.91. The summed E-state index contributed by atoms with van der Waals surface area (Å²) in [7, 11) is 1.87. The Morgan fingerprint density at radius 2 is 2.24 bits per heavy atom. The standard InChI is InChI=1S/C12H19N3O2/c1-8(16)7-13-12(17)6-5-11-9(2)14-15(4)10(11)3/h5-6,8,16H,7H2,1-4H3,(H,13,17)/b6-5+/t8-/m1/s1. The number of amides is 1. The van der Waals surface area contributed by atoms with Gasteiger partial charge in [0.1, 0.15) is 0 Å². The molecule has 0 aliphatic rings. The number of carbonyl (C=O) groups excluding carboxylic acids is 1. The second-order valence-electron chi connectivity index (χ2n) is 4.14.